The lowest BCUT2D eigenvalue weighted by Gasteiger charge is -2.36. The van der Waals surface area contributed by atoms with Crippen molar-refractivity contribution in [1.29, 1.82) is 0 Å². The molecule has 0 unspecified atom stereocenters. The maximum absolute atomic E-state index is 13.1. The van der Waals surface area contributed by atoms with Gasteiger partial charge in [0.25, 0.3) is 0 Å². The summed E-state index contributed by atoms with van der Waals surface area (Å²) in [4.78, 5) is 16.8. The minimum atomic E-state index is -0.232. The number of nitrogens with zero attached hydrogens (tertiary/aromatic N) is 3. The summed E-state index contributed by atoms with van der Waals surface area (Å²) in [7, 11) is 1.65. The predicted octanol–water partition coefficient (Wildman–Crippen LogP) is 3.14. The molecule has 140 valence electrons. The second kappa shape index (κ2) is 7.31. The van der Waals surface area contributed by atoms with Gasteiger partial charge in [0.15, 0.2) is 0 Å². The smallest absolute Gasteiger partial charge is 0.242 e. The van der Waals surface area contributed by atoms with E-state index in [1.165, 1.54) is 12.1 Å². The van der Waals surface area contributed by atoms with Crippen molar-refractivity contribution in [3.8, 4) is 5.75 Å². The molecule has 0 saturated carbocycles. The van der Waals surface area contributed by atoms with Crippen LogP contribution in [0, 0.1) is 5.82 Å². The van der Waals surface area contributed by atoms with Crippen molar-refractivity contribution in [3.05, 3.63) is 60.5 Å². The number of ether oxygens (including phenoxy) is 1. The highest BCUT2D eigenvalue weighted by molar-refractivity contribution is 5.84. The molecular formula is C21H22FN3O2. The van der Waals surface area contributed by atoms with Crippen LogP contribution in [0.25, 0.3) is 10.9 Å². The van der Waals surface area contributed by atoms with Crippen molar-refractivity contribution in [1.82, 2.24) is 9.47 Å². The minimum Gasteiger partial charge on any atom is -0.497 e. The summed E-state index contributed by atoms with van der Waals surface area (Å²) in [6, 6.07) is 14.4. The monoisotopic (exact) mass is 367 g/mol. The number of rotatable bonds is 4. The summed E-state index contributed by atoms with van der Waals surface area (Å²) in [5.74, 6) is 0.690. The van der Waals surface area contributed by atoms with E-state index in [-0.39, 0.29) is 11.7 Å². The summed E-state index contributed by atoms with van der Waals surface area (Å²) in [5, 5.41) is 1.06. The van der Waals surface area contributed by atoms with E-state index >= 15 is 0 Å². The van der Waals surface area contributed by atoms with Crippen LogP contribution in [-0.4, -0.2) is 48.7 Å². The van der Waals surface area contributed by atoms with Crippen LogP contribution < -0.4 is 9.64 Å². The molecule has 3 aromatic rings. The fourth-order valence-electron chi connectivity index (χ4n) is 3.55. The van der Waals surface area contributed by atoms with Crippen LogP contribution in [0.4, 0.5) is 10.1 Å². The number of piperazine rings is 1. The largest absolute Gasteiger partial charge is 0.497 e. The Morgan fingerprint density at radius 1 is 1.04 bits per heavy atom. The molecule has 0 spiro atoms. The molecule has 6 heteroatoms. The van der Waals surface area contributed by atoms with Gasteiger partial charge in [0.1, 0.15) is 18.1 Å². The van der Waals surface area contributed by atoms with E-state index in [9.17, 15) is 9.18 Å². The Labute approximate surface area is 157 Å². The molecule has 0 aliphatic carbocycles. The molecule has 1 saturated heterocycles. The van der Waals surface area contributed by atoms with Crippen molar-refractivity contribution >= 4 is 22.5 Å². The van der Waals surface area contributed by atoms with Gasteiger partial charge in [-0.05, 0) is 48.5 Å². The van der Waals surface area contributed by atoms with Crippen molar-refractivity contribution in [3.63, 3.8) is 0 Å². The third kappa shape index (κ3) is 3.60. The molecule has 0 atom stereocenters. The Bertz CT molecular complexity index is 944. The first-order valence-electron chi connectivity index (χ1n) is 9.05. The number of aromatic nitrogens is 1. The standard InChI is InChI=1S/C21H22FN3O2/c1-27-19-6-7-20-16(14-19)8-9-25(20)15-21(26)24-12-10-23(11-13-24)18-4-2-17(22)3-5-18/h2-9,14H,10-13,15H2,1H3. The molecule has 0 radical (unpaired) electrons. The van der Waals surface area contributed by atoms with Gasteiger partial charge in [-0.15, -0.1) is 0 Å². The first-order chi connectivity index (χ1) is 13.1. The van der Waals surface area contributed by atoms with Gasteiger partial charge in [-0.2, -0.15) is 0 Å². The quantitative estimate of drug-likeness (QED) is 0.711. The molecule has 2 heterocycles. The maximum atomic E-state index is 13.1. The van der Waals surface area contributed by atoms with Gasteiger partial charge >= 0.3 is 0 Å². The highest BCUT2D eigenvalue weighted by atomic mass is 19.1. The zero-order valence-corrected chi connectivity index (χ0v) is 15.3. The Kier molecular flexibility index (Phi) is 4.71. The van der Waals surface area contributed by atoms with Crippen LogP contribution in [0.1, 0.15) is 0 Å². The first-order valence-corrected chi connectivity index (χ1v) is 9.05. The van der Waals surface area contributed by atoms with Crippen LogP contribution in [0.2, 0.25) is 0 Å². The third-order valence-electron chi connectivity index (χ3n) is 5.11. The highest BCUT2D eigenvalue weighted by Gasteiger charge is 2.21. The maximum Gasteiger partial charge on any atom is 0.242 e. The lowest BCUT2D eigenvalue weighted by Crippen LogP contribution is -2.49. The van der Waals surface area contributed by atoms with Gasteiger partial charge in [0.05, 0.1) is 7.11 Å². The summed E-state index contributed by atoms with van der Waals surface area (Å²) in [6.07, 6.45) is 1.94. The number of carbonyl (C=O) groups is 1. The molecule has 0 N–H and O–H groups in total. The fourth-order valence-corrected chi connectivity index (χ4v) is 3.55. The van der Waals surface area contributed by atoms with E-state index < -0.39 is 0 Å². The number of anilines is 1. The number of hydrogen-bond acceptors (Lipinski definition) is 3. The second-order valence-electron chi connectivity index (χ2n) is 6.71. The number of benzene rings is 2. The molecule has 1 fully saturated rings. The summed E-state index contributed by atoms with van der Waals surface area (Å²) < 4.78 is 20.3. The van der Waals surface area contributed by atoms with E-state index in [1.54, 1.807) is 19.2 Å². The van der Waals surface area contributed by atoms with Gasteiger partial charge in [-0.3, -0.25) is 4.79 Å². The number of fused-ring (bicyclic) bond motifs is 1. The Balaban J connectivity index is 1.39. The lowest BCUT2D eigenvalue weighted by atomic mass is 10.2. The van der Waals surface area contributed by atoms with Crippen molar-refractivity contribution in [2.45, 2.75) is 6.54 Å². The Hall–Kier alpha value is -3.02. The molecule has 5 nitrogen and oxygen atoms in total. The van der Waals surface area contributed by atoms with Gasteiger partial charge in [-0.25, -0.2) is 4.39 Å². The average Bonchev–Trinajstić information content (AvgIpc) is 3.10. The molecule has 1 amide bonds. The number of amides is 1. The molecule has 4 rings (SSSR count). The fraction of sp³-hybridized carbons (Fsp3) is 0.286. The zero-order chi connectivity index (χ0) is 18.8. The minimum absolute atomic E-state index is 0.113. The van der Waals surface area contributed by atoms with Gasteiger partial charge in [-0.1, -0.05) is 0 Å². The molecule has 0 bridgehead atoms. The van der Waals surface area contributed by atoms with Gasteiger partial charge in [0, 0.05) is 49.0 Å². The Morgan fingerprint density at radius 3 is 2.48 bits per heavy atom. The molecule has 2 aromatic carbocycles. The van der Waals surface area contributed by atoms with Crippen LogP contribution >= 0.6 is 0 Å². The molecule has 1 aliphatic heterocycles. The van der Waals surface area contributed by atoms with E-state index in [0.29, 0.717) is 19.6 Å². The molecular weight excluding hydrogens is 345 g/mol. The van der Waals surface area contributed by atoms with E-state index in [2.05, 4.69) is 4.90 Å². The summed E-state index contributed by atoms with van der Waals surface area (Å²) in [6.45, 7) is 3.17. The lowest BCUT2D eigenvalue weighted by molar-refractivity contribution is -0.132. The van der Waals surface area contributed by atoms with Crippen molar-refractivity contribution < 1.29 is 13.9 Å². The molecule has 27 heavy (non-hydrogen) atoms. The SMILES string of the molecule is COc1ccc2c(ccn2CC(=O)N2CCN(c3ccc(F)cc3)CC2)c1. The van der Waals surface area contributed by atoms with E-state index in [0.717, 1.165) is 35.4 Å². The van der Waals surface area contributed by atoms with E-state index in [1.807, 2.05) is 39.9 Å². The number of halogens is 1. The number of hydrogen-bond donors (Lipinski definition) is 0. The van der Waals surface area contributed by atoms with Crippen LogP contribution in [0.3, 0.4) is 0 Å². The third-order valence-corrected chi connectivity index (χ3v) is 5.11. The topological polar surface area (TPSA) is 37.7 Å². The Morgan fingerprint density at radius 2 is 1.78 bits per heavy atom. The number of methoxy groups -OCH3 is 1. The van der Waals surface area contributed by atoms with Crippen molar-refractivity contribution in [2.75, 3.05) is 38.2 Å². The van der Waals surface area contributed by atoms with Crippen LogP contribution in [-0.2, 0) is 11.3 Å². The second-order valence-corrected chi connectivity index (χ2v) is 6.71. The summed E-state index contributed by atoms with van der Waals surface area (Å²) >= 11 is 0. The predicted molar refractivity (Wildman–Crippen MR) is 104 cm³/mol. The van der Waals surface area contributed by atoms with Gasteiger partial charge < -0.3 is 19.1 Å². The van der Waals surface area contributed by atoms with Crippen LogP contribution in [0.15, 0.2) is 54.7 Å². The van der Waals surface area contributed by atoms with Crippen molar-refractivity contribution in [2.24, 2.45) is 0 Å². The first kappa shape index (κ1) is 17.4. The molecule has 1 aromatic heterocycles. The van der Waals surface area contributed by atoms with E-state index in [4.69, 9.17) is 4.74 Å². The average molecular weight is 367 g/mol. The highest BCUT2D eigenvalue weighted by Crippen LogP contribution is 2.22. The number of carbonyl (C=O) groups excluding carboxylic acids is 1. The van der Waals surface area contributed by atoms with Gasteiger partial charge in [0.2, 0.25) is 5.91 Å². The summed E-state index contributed by atoms with van der Waals surface area (Å²) in [5.41, 5.74) is 2.02. The molecule has 1 aliphatic rings. The van der Waals surface area contributed by atoms with Crippen LogP contribution in [0.5, 0.6) is 5.75 Å². The zero-order valence-electron chi connectivity index (χ0n) is 15.3. The normalized spacial score (nSPS) is 14.6.